The predicted octanol–water partition coefficient (Wildman–Crippen LogP) is 2.23. The minimum Gasteiger partial charge on any atom is -0.492 e. The molecule has 3 rings (SSSR count). The van der Waals surface area contributed by atoms with Gasteiger partial charge in [-0.2, -0.15) is 5.10 Å². The lowest BCUT2D eigenvalue weighted by Crippen LogP contribution is -2.34. The second-order valence-corrected chi connectivity index (χ2v) is 5.61. The Morgan fingerprint density at radius 3 is 2.91 bits per heavy atom. The highest BCUT2D eigenvalue weighted by Crippen LogP contribution is 2.30. The maximum absolute atomic E-state index is 5.90. The summed E-state index contributed by atoms with van der Waals surface area (Å²) >= 11 is 0. The second-order valence-electron chi connectivity index (χ2n) is 5.61. The molecule has 0 saturated carbocycles. The Kier molecular flexibility index (Phi) is 4.75. The van der Waals surface area contributed by atoms with E-state index >= 15 is 0 Å². The lowest BCUT2D eigenvalue weighted by Gasteiger charge is -2.20. The predicted molar refractivity (Wildman–Crippen MR) is 85.0 cm³/mol. The molecule has 2 atom stereocenters. The molecule has 22 heavy (non-hydrogen) atoms. The van der Waals surface area contributed by atoms with Gasteiger partial charge in [-0.05, 0) is 25.5 Å². The summed E-state index contributed by atoms with van der Waals surface area (Å²) < 4.78 is 13.5. The molecule has 0 unspecified atom stereocenters. The first kappa shape index (κ1) is 15.1. The fourth-order valence-electron chi connectivity index (χ4n) is 2.83. The highest BCUT2D eigenvalue weighted by atomic mass is 16.5. The van der Waals surface area contributed by atoms with Gasteiger partial charge in [-0.15, -0.1) is 0 Å². The van der Waals surface area contributed by atoms with Gasteiger partial charge in [0.1, 0.15) is 18.5 Å². The van der Waals surface area contributed by atoms with Gasteiger partial charge in [0.05, 0.1) is 6.20 Å². The highest BCUT2D eigenvalue weighted by molar-refractivity contribution is 5.22. The molecule has 2 aromatic rings. The van der Waals surface area contributed by atoms with Crippen LogP contribution in [0.1, 0.15) is 23.8 Å². The van der Waals surface area contributed by atoms with Crippen molar-refractivity contribution in [2.24, 2.45) is 7.05 Å². The zero-order valence-corrected chi connectivity index (χ0v) is 13.2. The van der Waals surface area contributed by atoms with Crippen molar-refractivity contribution < 1.29 is 9.47 Å². The summed E-state index contributed by atoms with van der Waals surface area (Å²) in [6.07, 6.45) is 3.02. The normalized spacial score (nSPS) is 21.2. The van der Waals surface area contributed by atoms with Crippen LogP contribution in [0.15, 0.2) is 36.5 Å². The Bertz CT molecular complexity index is 597. The fraction of sp³-hybridized carbons (Fsp3) is 0.471. The zero-order chi connectivity index (χ0) is 15.4. The van der Waals surface area contributed by atoms with Crippen molar-refractivity contribution in [2.45, 2.75) is 25.5 Å². The summed E-state index contributed by atoms with van der Waals surface area (Å²) in [4.78, 5) is 0. The summed E-state index contributed by atoms with van der Waals surface area (Å²) in [7, 11) is 1.96. The molecule has 1 saturated heterocycles. The van der Waals surface area contributed by atoms with E-state index in [4.69, 9.17) is 9.47 Å². The average Bonchev–Trinajstić information content (AvgIpc) is 3.12. The third-order valence-corrected chi connectivity index (χ3v) is 4.19. The fourth-order valence-corrected chi connectivity index (χ4v) is 2.83. The number of benzene rings is 1. The van der Waals surface area contributed by atoms with E-state index in [0.717, 1.165) is 25.3 Å². The third-order valence-electron chi connectivity index (χ3n) is 4.19. The van der Waals surface area contributed by atoms with E-state index in [0.29, 0.717) is 12.6 Å². The average molecular weight is 301 g/mol. The Balaban J connectivity index is 1.50. The summed E-state index contributed by atoms with van der Waals surface area (Å²) in [6.45, 7) is 4.33. The Hall–Kier alpha value is -1.85. The van der Waals surface area contributed by atoms with Crippen LogP contribution in [0.3, 0.4) is 0 Å². The van der Waals surface area contributed by atoms with Gasteiger partial charge in [0.25, 0.3) is 0 Å². The van der Waals surface area contributed by atoms with Crippen molar-refractivity contribution >= 4 is 0 Å². The van der Waals surface area contributed by atoms with E-state index in [2.05, 4.69) is 17.3 Å². The molecule has 1 aliphatic heterocycles. The van der Waals surface area contributed by atoms with E-state index < -0.39 is 0 Å². The first-order valence-electron chi connectivity index (χ1n) is 7.77. The number of nitrogens with zero attached hydrogens (tertiary/aromatic N) is 2. The highest BCUT2D eigenvalue weighted by Gasteiger charge is 2.31. The van der Waals surface area contributed by atoms with Crippen molar-refractivity contribution in [2.75, 3.05) is 19.8 Å². The van der Waals surface area contributed by atoms with E-state index in [1.165, 1.54) is 11.3 Å². The van der Waals surface area contributed by atoms with Gasteiger partial charge in [-0.25, -0.2) is 0 Å². The van der Waals surface area contributed by atoms with Crippen LogP contribution < -0.4 is 10.1 Å². The lowest BCUT2D eigenvalue weighted by molar-refractivity contribution is 0.0974. The number of ether oxygens (including phenoxy) is 2. The number of aryl methyl sites for hydroxylation is 1. The Labute approximate surface area is 131 Å². The van der Waals surface area contributed by atoms with Crippen LogP contribution in [-0.2, 0) is 11.8 Å². The molecule has 1 aliphatic rings. The first-order valence-corrected chi connectivity index (χ1v) is 7.77. The van der Waals surface area contributed by atoms with Crippen molar-refractivity contribution in [3.05, 3.63) is 47.8 Å². The van der Waals surface area contributed by atoms with E-state index in [-0.39, 0.29) is 6.10 Å². The molecule has 2 heterocycles. The van der Waals surface area contributed by atoms with Crippen molar-refractivity contribution in [3.8, 4) is 5.75 Å². The van der Waals surface area contributed by atoms with Gasteiger partial charge in [0, 0.05) is 37.5 Å². The van der Waals surface area contributed by atoms with Gasteiger partial charge in [-0.1, -0.05) is 18.2 Å². The molecular weight excluding hydrogens is 278 g/mol. The zero-order valence-electron chi connectivity index (χ0n) is 13.2. The van der Waals surface area contributed by atoms with Crippen LogP contribution in [0.4, 0.5) is 0 Å². The monoisotopic (exact) mass is 301 g/mol. The van der Waals surface area contributed by atoms with E-state index in [1.807, 2.05) is 48.3 Å². The number of rotatable bonds is 6. The van der Waals surface area contributed by atoms with Crippen LogP contribution in [-0.4, -0.2) is 35.6 Å². The summed E-state index contributed by atoms with van der Waals surface area (Å²) in [6, 6.07) is 10.2. The largest absolute Gasteiger partial charge is 0.492 e. The van der Waals surface area contributed by atoms with Gasteiger partial charge in [-0.3, -0.25) is 4.68 Å². The number of nitrogens with one attached hydrogen (secondary N) is 1. The number of hydrogen-bond acceptors (Lipinski definition) is 4. The SMILES string of the molecule is Cc1c([C@H]2OCC[C@@H]2NCCOc2ccccc2)cnn1C. The maximum atomic E-state index is 5.90. The molecule has 0 radical (unpaired) electrons. The smallest absolute Gasteiger partial charge is 0.119 e. The lowest BCUT2D eigenvalue weighted by atomic mass is 10.0. The molecule has 5 heteroatoms. The van der Waals surface area contributed by atoms with Crippen LogP contribution in [0.2, 0.25) is 0 Å². The van der Waals surface area contributed by atoms with Crippen molar-refractivity contribution in [3.63, 3.8) is 0 Å². The number of para-hydroxylation sites is 1. The summed E-state index contributed by atoms with van der Waals surface area (Å²) in [5, 5.41) is 7.87. The van der Waals surface area contributed by atoms with E-state index in [9.17, 15) is 0 Å². The van der Waals surface area contributed by atoms with Crippen LogP contribution in [0.5, 0.6) is 5.75 Å². The minimum atomic E-state index is 0.0884. The first-order chi connectivity index (χ1) is 10.8. The molecular formula is C17H23N3O2. The molecule has 5 nitrogen and oxygen atoms in total. The van der Waals surface area contributed by atoms with Gasteiger partial charge < -0.3 is 14.8 Å². The second kappa shape index (κ2) is 6.94. The molecule has 1 N–H and O–H groups in total. The molecule has 118 valence electrons. The maximum Gasteiger partial charge on any atom is 0.119 e. The van der Waals surface area contributed by atoms with Crippen molar-refractivity contribution in [1.82, 2.24) is 15.1 Å². The molecule has 0 bridgehead atoms. The molecule has 1 aromatic carbocycles. The number of aromatic nitrogens is 2. The number of hydrogen-bond donors (Lipinski definition) is 1. The topological polar surface area (TPSA) is 48.3 Å². The molecule has 1 aromatic heterocycles. The van der Waals surface area contributed by atoms with Crippen LogP contribution in [0.25, 0.3) is 0 Å². The quantitative estimate of drug-likeness (QED) is 0.831. The summed E-state index contributed by atoms with van der Waals surface area (Å²) in [5.41, 5.74) is 2.35. The molecule has 0 spiro atoms. The Morgan fingerprint density at radius 2 is 2.18 bits per heavy atom. The third kappa shape index (κ3) is 3.31. The van der Waals surface area contributed by atoms with Crippen LogP contribution >= 0.6 is 0 Å². The standard InChI is InChI=1S/C17H23N3O2/c1-13-15(12-19-20(13)2)17-16(8-10-22-17)18-9-11-21-14-6-4-3-5-7-14/h3-7,12,16-18H,8-11H2,1-2H3/t16-,17+/m0/s1. The minimum absolute atomic E-state index is 0.0884. The Morgan fingerprint density at radius 1 is 1.36 bits per heavy atom. The van der Waals surface area contributed by atoms with Gasteiger partial charge in [0.2, 0.25) is 0 Å². The van der Waals surface area contributed by atoms with Crippen LogP contribution in [0, 0.1) is 6.92 Å². The molecule has 0 aliphatic carbocycles. The van der Waals surface area contributed by atoms with Gasteiger partial charge >= 0.3 is 0 Å². The molecule has 1 fully saturated rings. The molecule has 0 amide bonds. The van der Waals surface area contributed by atoms with E-state index in [1.54, 1.807) is 0 Å². The summed E-state index contributed by atoms with van der Waals surface area (Å²) in [5.74, 6) is 0.909. The van der Waals surface area contributed by atoms with Gasteiger partial charge in [0.15, 0.2) is 0 Å². The van der Waals surface area contributed by atoms with Crippen molar-refractivity contribution in [1.29, 1.82) is 0 Å².